The number of carbonyl (C=O) groups is 1. The van der Waals surface area contributed by atoms with Crippen LogP contribution in [0.2, 0.25) is 0 Å². The molecule has 1 saturated heterocycles. The number of nitrogens with zero attached hydrogens (tertiary/aromatic N) is 5. The predicted molar refractivity (Wildman–Crippen MR) is 151 cm³/mol. The van der Waals surface area contributed by atoms with Crippen LogP contribution in [0.15, 0.2) is 36.2 Å². The number of nitrogens with one attached hydrogen (secondary N) is 3. The molecule has 12 nitrogen and oxygen atoms in total. The standard InChI is InChI=1S/C27H28F4N8O4S/c1-42-24-19(21(32-12-33-24)36-26-37-25(38-44-26)39-6-8-43-9-7-39)23(41)35-20-14-3-2-13(10-14)18(20)22(40)34-15-4-5-17(28)16(11-15)27(29,30)31/h4-5,10-13,18,20,23,35,41H,2-3,6-9H2,1H3,(H,34,40)(H,32,33,36,37,38)/t13-,18+,20-,23?/m1/s1. The number of halogens is 4. The first-order valence-corrected chi connectivity index (χ1v) is 14.5. The van der Waals surface area contributed by atoms with Gasteiger partial charge in [0.2, 0.25) is 22.9 Å². The molecule has 234 valence electrons. The van der Waals surface area contributed by atoms with Gasteiger partial charge in [-0.1, -0.05) is 11.6 Å². The molecule has 4 N–H and O–H groups in total. The van der Waals surface area contributed by atoms with E-state index in [1.807, 2.05) is 11.0 Å². The van der Waals surface area contributed by atoms with Crippen molar-refractivity contribution in [1.82, 2.24) is 24.6 Å². The minimum atomic E-state index is -4.92. The second kappa shape index (κ2) is 12.2. The number of aromatic nitrogens is 4. The molecule has 44 heavy (non-hydrogen) atoms. The molecule has 0 saturated carbocycles. The van der Waals surface area contributed by atoms with Crippen molar-refractivity contribution in [3.05, 3.63) is 53.1 Å². The van der Waals surface area contributed by atoms with E-state index in [0.29, 0.717) is 62.4 Å². The Kier molecular flexibility index (Phi) is 8.36. The number of fused-ring (bicyclic) bond motifs is 1. The summed E-state index contributed by atoms with van der Waals surface area (Å²) in [5.74, 6) is -2.15. The molecule has 1 aromatic carbocycles. The van der Waals surface area contributed by atoms with Gasteiger partial charge in [0.1, 0.15) is 29.8 Å². The molecule has 0 spiro atoms. The Bertz CT molecular complexity index is 1560. The SMILES string of the molecule is COc1ncnc(Nc2nc(N3CCOCC3)ns2)c1C(O)N[C@@H]1C2=C[C@@H](CC2)[C@@H]1C(=O)Nc1ccc(F)c(C(F)(F)F)c1. The number of morpholine rings is 1. The Morgan fingerprint density at radius 3 is 2.80 bits per heavy atom. The highest BCUT2D eigenvalue weighted by atomic mass is 32.1. The van der Waals surface area contributed by atoms with Crippen LogP contribution in [0.4, 0.5) is 40.1 Å². The van der Waals surface area contributed by atoms with Gasteiger partial charge in [-0.3, -0.25) is 10.1 Å². The maximum absolute atomic E-state index is 13.8. The molecule has 1 amide bonds. The molecule has 3 aliphatic rings. The first-order chi connectivity index (χ1) is 21.1. The van der Waals surface area contributed by atoms with Crippen LogP contribution in [0.25, 0.3) is 0 Å². The molecule has 3 heterocycles. The number of hydrogen-bond donors (Lipinski definition) is 4. The number of ether oxygens (including phenoxy) is 2. The molecular weight excluding hydrogens is 608 g/mol. The number of rotatable bonds is 9. The van der Waals surface area contributed by atoms with E-state index in [-0.39, 0.29) is 28.9 Å². The van der Waals surface area contributed by atoms with Crippen LogP contribution in [-0.2, 0) is 15.7 Å². The fourth-order valence-corrected chi connectivity index (χ4v) is 6.39. The normalized spacial score (nSPS) is 22.1. The van der Waals surface area contributed by atoms with E-state index in [1.54, 1.807) is 0 Å². The average molecular weight is 637 g/mol. The third-order valence-electron chi connectivity index (χ3n) is 7.84. The lowest BCUT2D eigenvalue weighted by atomic mass is 9.82. The summed E-state index contributed by atoms with van der Waals surface area (Å²) >= 11 is 1.11. The fraction of sp³-hybridized carbons (Fsp3) is 0.444. The zero-order valence-corrected chi connectivity index (χ0v) is 24.1. The highest BCUT2D eigenvalue weighted by Crippen LogP contribution is 2.45. The van der Waals surface area contributed by atoms with Crippen molar-refractivity contribution in [2.75, 3.05) is 48.9 Å². The summed E-state index contributed by atoms with van der Waals surface area (Å²) in [6.45, 7) is 2.46. The molecule has 2 aliphatic carbocycles. The topological polar surface area (TPSA) is 147 Å². The number of amides is 1. The number of carbonyl (C=O) groups excluding carboxylic acids is 1. The monoisotopic (exact) mass is 636 g/mol. The van der Waals surface area contributed by atoms with Gasteiger partial charge < -0.3 is 30.1 Å². The summed E-state index contributed by atoms with van der Waals surface area (Å²) in [5.41, 5.74) is -0.616. The maximum atomic E-state index is 13.8. The number of hydrogen-bond acceptors (Lipinski definition) is 12. The summed E-state index contributed by atoms with van der Waals surface area (Å²) in [7, 11) is 1.39. The molecule has 17 heteroatoms. The first kappa shape index (κ1) is 30.1. The van der Waals surface area contributed by atoms with E-state index in [4.69, 9.17) is 9.47 Å². The molecule has 2 aromatic heterocycles. The lowest BCUT2D eigenvalue weighted by molar-refractivity contribution is -0.140. The summed E-state index contributed by atoms with van der Waals surface area (Å²) in [4.78, 5) is 28.3. The van der Waals surface area contributed by atoms with E-state index < -0.39 is 41.7 Å². The van der Waals surface area contributed by atoms with Crippen molar-refractivity contribution in [1.29, 1.82) is 0 Å². The lowest BCUT2D eigenvalue weighted by Crippen LogP contribution is -2.46. The van der Waals surface area contributed by atoms with Gasteiger partial charge in [-0.15, -0.1) is 0 Å². The molecular formula is C27H28F4N8O4S. The Hall–Kier alpha value is -3.93. The Morgan fingerprint density at radius 1 is 1.25 bits per heavy atom. The van der Waals surface area contributed by atoms with Gasteiger partial charge in [-0.2, -0.15) is 22.5 Å². The average Bonchev–Trinajstić information content (AvgIpc) is 3.75. The second-order valence-electron chi connectivity index (χ2n) is 10.5. The summed E-state index contributed by atoms with van der Waals surface area (Å²) in [6, 6.07) is 1.65. The minimum absolute atomic E-state index is 0.0737. The van der Waals surface area contributed by atoms with Crippen molar-refractivity contribution in [3.8, 4) is 5.88 Å². The number of allylic oxidation sites excluding steroid dienone is 1. The van der Waals surface area contributed by atoms with Gasteiger partial charge in [0.25, 0.3) is 0 Å². The summed E-state index contributed by atoms with van der Waals surface area (Å²) in [6.07, 6.45) is -1.80. The Balaban J connectivity index is 1.21. The number of anilines is 4. The number of aliphatic hydroxyl groups excluding tert-OH is 1. The second-order valence-corrected chi connectivity index (χ2v) is 11.2. The van der Waals surface area contributed by atoms with Gasteiger partial charge >= 0.3 is 6.18 Å². The van der Waals surface area contributed by atoms with Crippen LogP contribution < -0.4 is 25.6 Å². The summed E-state index contributed by atoms with van der Waals surface area (Å²) < 4.78 is 68.7. The Labute approximate surface area is 252 Å². The largest absolute Gasteiger partial charge is 0.481 e. The zero-order chi connectivity index (χ0) is 31.0. The summed E-state index contributed by atoms with van der Waals surface area (Å²) in [5, 5.41) is 20.5. The third kappa shape index (κ3) is 6.04. The third-order valence-corrected chi connectivity index (χ3v) is 8.46. The van der Waals surface area contributed by atoms with Crippen molar-refractivity contribution < 1.29 is 36.9 Å². The predicted octanol–water partition coefficient (Wildman–Crippen LogP) is 3.63. The van der Waals surface area contributed by atoms with Gasteiger partial charge in [-0.25, -0.2) is 14.4 Å². The van der Waals surface area contributed by atoms with E-state index in [2.05, 4.69) is 35.3 Å². The fourth-order valence-electron chi connectivity index (χ4n) is 5.80. The van der Waals surface area contributed by atoms with Crippen LogP contribution in [0.5, 0.6) is 5.88 Å². The van der Waals surface area contributed by atoms with Gasteiger partial charge in [0, 0.05) is 36.4 Å². The number of benzene rings is 1. The Morgan fingerprint density at radius 2 is 2.05 bits per heavy atom. The minimum Gasteiger partial charge on any atom is -0.481 e. The van der Waals surface area contributed by atoms with E-state index in [9.17, 15) is 27.5 Å². The number of methoxy groups -OCH3 is 1. The van der Waals surface area contributed by atoms with Crippen molar-refractivity contribution in [3.63, 3.8) is 0 Å². The van der Waals surface area contributed by atoms with E-state index in [1.165, 1.54) is 13.4 Å². The first-order valence-electron chi connectivity index (χ1n) is 13.8. The number of aliphatic hydroxyl groups is 1. The highest BCUT2D eigenvalue weighted by Gasteiger charge is 2.46. The van der Waals surface area contributed by atoms with E-state index in [0.717, 1.165) is 23.2 Å². The smallest absolute Gasteiger partial charge is 0.419 e. The molecule has 2 bridgehead atoms. The van der Waals surface area contributed by atoms with Crippen molar-refractivity contribution in [2.24, 2.45) is 11.8 Å². The molecule has 6 rings (SSSR count). The van der Waals surface area contributed by atoms with Crippen LogP contribution in [-0.4, -0.2) is 69.8 Å². The molecule has 0 radical (unpaired) electrons. The van der Waals surface area contributed by atoms with Crippen LogP contribution in [0.1, 0.15) is 30.2 Å². The van der Waals surface area contributed by atoms with Crippen LogP contribution in [0, 0.1) is 17.7 Å². The van der Waals surface area contributed by atoms with Crippen molar-refractivity contribution >= 4 is 40.0 Å². The van der Waals surface area contributed by atoms with Gasteiger partial charge in [-0.05, 0) is 37.0 Å². The van der Waals surface area contributed by atoms with Crippen molar-refractivity contribution in [2.45, 2.75) is 31.3 Å². The molecule has 1 fully saturated rings. The van der Waals surface area contributed by atoms with Crippen LogP contribution in [0.3, 0.4) is 0 Å². The quantitative estimate of drug-likeness (QED) is 0.155. The van der Waals surface area contributed by atoms with Crippen LogP contribution >= 0.6 is 11.5 Å². The highest BCUT2D eigenvalue weighted by molar-refractivity contribution is 7.10. The number of alkyl halides is 3. The van der Waals surface area contributed by atoms with E-state index >= 15 is 0 Å². The molecule has 3 aromatic rings. The molecule has 1 aliphatic heterocycles. The lowest BCUT2D eigenvalue weighted by Gasteiger charge is -2.33. The zero-order valence-electron chi connectivity index (χ0n) is 23.3. The van der Waals surface area contributed by atoms with Gasteiger partial charge in [0.15, 0.2) is 0 Å². The maximum Gasteiger partial charge on any atom is 0.419 e. The van der Waals surface area contributed by atoms with Gasteiger partial charge in [0.05, 0.1) is 31.8 Å². The molecule has 1 unspecified atom stereocenters. The molecule has 4 atom stereocenters.